The van der Waals surface area contributed by atoms with Crippen molar-refractivity contribution in [2.45, 2.75) is 12.8 Å². The molecule has 2 aromatic carbocycles. The number of hydrogen-bond donors (Lipinski definition) is 1. The zero-order valence-corrected chi connectivity index (χ0v) is 14.5. The Hall–Kier alpha value is -2.66. The van der Waals surface area contributed by atoms with E-state index in [0.29, 0.717) is 0 Å². The Morgan fingerprint density at radius 3 is 2.77 bits per heavy atom. The molecule has 0 aromatic heterocycles. The number of hydrogen-bond acceptors (Lipinski definition) is 3. The van der Waals surface area contributed by atoms with Crippen molar-refractivity contribution in [3.63, 3.8) is 0 Å². The molecular formula is C21H21FN2O2. The second kappa shape index (κ2) is 7.30. The SMILES string of the molecule is O=C1COc2ccc(CCN3CC=C(c4ccc(F)cc4)CC3)cc2N1. The molecule has 0 aliphatic carbocycles. The highest BCUT2D eigenvalue weighted by molar-refractivity contribution is 5.95. The molecule has 1 amide bonds. The summed E-state index contributed by atoms with van der Waals surface area (Å²) in [5.74, 6) is 0.431. The van der Waals surface area contributed by atoms with Crippen LogP contribution in [0, 0.1) is 5.82 Å². The first-order chi connectivity index (χ1) is 12.7. The average Bonchev–Trinajstić information content (AvgIpc) is 2.67. The van der Waals surface area contributed by atoms with Crippen LogP contribution in [-0.4, -0.2) is 37.0 Å². The number of amides is 1. The first-order valence-electron chi connectivity index (χ1n) is 8.90. The third kappa shape index (κ3) is 3.78. The van der Waals surface area contributed by atoms with Gasteiger partial charge in [0.25, 0.3) is 5.91 Å². The zero-order valence-electron chi connectivity index (χ0n) is 14.5. The molecule has 0 bridgehead atoms. The number of anilines is 1. The summed E-state index contributed by atoms with van der Waals surface area (Å²) < 4.78 is 18.4. The van der Waals surface area contributed by atoms with E-state index in [0.717, 1.165) is 49.5 Å². The van der Waals surface area contributed by atoms with Gasteiger partial charge in [-0.1, -0.05) is 24.3 Å². The first kappa shape index (κ1) is 16.8. The van der Waals surface area contributed by atoms with Crippen LogP contribution in [0.2, 0.25) is 0 Å². The normalized spacial score (nSPS) is 17.1. The Balaban J connectivity index is 1.34. The fourth-order valence-electron chi connectivity index (χ4n) is 3.41. The zero-order chi connectivity index (χ0) is 17.9. The molecule has 5 heteroatoms. The van der Waals surface area contributed by atoms with E-state index >= 15 is 0 Å². The van der Waals surface area contributed by atoms with Crippen molar-refractivity contribution in [2.75, 3.05) is 31.6 Å². The molecule has 2 aromatic rings. The Morgan fingerprint density at radius 2 is 2.00 bits per heavy atom. The fourth-order valence-corrected chi connectivity index (χ4v) is 3.41. The third-order valence-corrected chi connectivity index (χ3v) is 4.90. The summed E-state index contributed by atoms with van der Waals surface area (Å²) in [6.45, 7) is 2.94. The average molecular weight is 352 g/mol. The van der Waals surface area contributed by atoms with Crippen LogP contribution >= 0.6 is 0 Å². The molecular weight excluding hydrogens is 331 g/mol. The maximum Gasteiger partial charge on any atom is 0.262 e. The number of fused-ring (bicyclic) bond motifs is 1. The maximum absolute atomic E-state index is 13.0. The van der Waals surface area contributed by atoms with E-state index in [2.05, 4.69) is 22.4 Å². The van der Waals surface area contributed by atoms with E-state index in [1.54, 1.807) is 0 Å². The molecule has 0 spiro atoms. The van der Waals surface area contributed by atoms with E-state index in [-0.39, 0.29) is 18.3 Å². The molecule has 134 valence electrons. The Bertz CT molecular complexity index is 846. The van der Waals surface area contributed by atoms with Crippen LogP contribution in [-0.2, 0) is 11.2 Å². The topological polar surface area (TPSA) is 41.6 Å². The smallest absolute Gasteiger partial charge is 0.262 e. The minimum Gasteiger partial charge on any atom is -0.482 e. The lowest BCUT2D eigenvalue weighted by atomic mass is 9.99. The molecule has 0 atom stereocenters. The van der Waals surface area contributed by atoms with Crippen LogP contribution in [0.15, 0.2) is 48.5 Å². The second-order valence-electron chi connectivity index (χ2n) is 6.70. The minimum atomic E-state index is -0.196. The molecule has 0 unspecified atom stereocenters. The number of nitrogens with zero attached hydrogens (tertiary/aromatic N) is 1. The molecule has 0 saturated heterocycles. The quantitative estimate of drug-likeness (QED) is 0.916. The van der Waals surface area contributed by atoms with E-state index in [1.165, 1.54) is 23.3 Å². The highest BCUT2D eigenvalue weighted by Gasteiger charge is 2.17. The van der Waals surface area contributed by atoms with Gasteiger partial charge in [-0.15, -0.1) is 0 Å². The van der Waals surface area contributed by atoms with Crippen molar-refractivity contribution in [3.05, 3.63) is 65.5 Å². The lowest BCUT2D eigenvalue weighted by Gasteiger charge is -2.26. The predicted molar refractivity (Wildman–Crippen MR) is 99.7 cm³/mol. The monoisotopic (exact) mass is 352 g/mol. The summed E-state index contributed by atoms with van der Waals surface area (Å²) in [4.78, 5) is 13.8. The van der Waals surface area contributed by atoms with E-state index in [1.807, 2.05) is 24.3 Å². The molecule has 1 N–H and O–H groups in total. The van der Waals surface area contributed by atoms with Crippen molar-refractivity contribution in [3.8, 4) is 5.75 Å². The number of nitrogens with one attached hydrogen (secondary N) is 1. The summed E-state index contributed by atoms with van der Waals surface area (Å²) in [6, 6.07) is 12.7. The second-order valence-corrected chi connectivity index (χ2v) is 6.70. The summed E-state index contributed by atoms with van der Waals surface area (Å²) in [7, 11) is 0. The van der Waals surface area contributed by atoms with E-state index in [9.17, 15) is 9.18 Å². The van der Waals surface area contributed by atoms with Gasteiger partial charge in [-0.25, -0.2) is 4.39 Å². The standard InChI is InChI=1S/C21H21FN2O2/c22-18-4-2-16(3-5-18)17-8-11-24(12-9-17)10-7-15-1-6-20-19(13-15)23-21(25)14-26-20/h1-6,8,13H,7,9-12,14H2,(H,23,25). The van der Waals surface area contributed by atoms with Gasteiger partial charge in [0.15, 0.2) is 6.61 Å². The van der Waals surface area contributed by atoms with Crippen molar-refractivity contribution in [2.24, 2.45) is 0 Å². The van der Waals surface area contributed by atoms with Gasteiger partial charge < -0.3 is 10.1 Å². The van der Waals surface area contributed by atoms with E-state index < -0.39 is 0 Å². The third-order valence-electron chi connectivity index (χ3n) is 4.90. The highest BCUT2D eigenvalue weighted by Crippen LogP contribution is 2.29. The van der Waals surface area contributed by atoms with Crippen LogP contribution in [0.3, 0.4) is 0 Å². The predicted octanol–water partition coefficient (Wildman–Crippen LogP) is 3.49. The highest BCUT2D eigenvalue weighted by atomic mass is 19.1. The number of carbonyl (C=O) groups is 1. The number of benzene rings is 2. The van der Waals surface area contributed by atoms with Crippen LogP contribution in [0.25, 0.3) is 5.57 Å². The van der Waals surface area contributed by atoms with Crippen LogP contribution in [0.4, 0.5) is 10.1 Å². The molecule has 0 saturated carbocycles. The van der Waals surface area contributed by atoms with Crippen molar-refractivity contribution in [1.29, 1.82) is 0 Å². The molecule has 0 radical (unpaired) electrons. The van der Waals surface area contributed by atoms with E-state index in [4.69, 9.17) is 4.74 Å². The van der Waals surface area contributed by atoms with Crippen molar-refractivity contribution in [1.82, 2.24) is 4.90 Å². The lowest BCUT2D eigenvalue weighted by molar-refractivity contribution is -0.118. The largest absolute Gasteiger partial charge is 0.482 e. The summed E-state index contributed by atoms with van der Waals surface area (Å²) in [6.07, 6.45) is 4.13. The summed E-state index contributed by atoms with van der Waals surface area (Å²) in [5, 5.41) is 2.85. The van der Waals surface area contributed by atoms with Crippen LogP contribution in [0.5, 0.6) is 5.75 Å². The molecule has 2 heterocycles. The van der Waals surface area contributed by atoms with Gasteiger partial charge in [0, 0.05) is 19.6 Å². The van der Waals surface area contributed by atoms with Crippen LogP contribution in [0.1, 0.15) is 17.5 Å². The molecule has 2 aliphatic heterocycles. The Labute approximate surface area is 152 Å². The van der Waals surface area contributed by atoms with Gasteiger partial charge >= 0.3 is 0 Å². The van der Waals surface area contributed by atoms with Gasteiger partial charge in [-0.2, -0.15) is 0 Å². The molecule has 2 aliphatic rings. The number of rotatable bonds is 4. The summed E-state index contributed by atoms with van der Waals surface area (Å²) >= 11 is 0. The molecule has 4 nitrogen and oxygen atoms in total. The van der Waals surface area contributed by atoms with Gasteiger partial charge in [0.2, 0.25) is 0 Å². The number of ether oxygens (including phenoxy) is 1. The van der Waals surface area contributed by atoms with Gasteiger partial charge in [-0.3, -0.25) is 9.69 Å². The van der Waals surface area contributed by atoms with Gasteiger partial charge in [-0.05, 0) is 53.8 Å². The Morgan fingerprint density at radius 1 is 1.15 bits per heavy atom. The number of halogens is 1. The molecule has 26 heavy (non-hydrogen) atoms. The molecule has 0 fully saturated rings. The van der Waals surface area contributed by atoms with Gasteiger partial charge in [0.1, 0.15) is 11.6 Å². The minimum absolute atomic E-state index is 0.0862. The van der Waals surface area contributed by atoms with Crippen LogP contribution < -0.4 is 10.1 Å². The number of carbonyl (C=O) groups excluding carboxylic acids is 1. The fraction of sp³-hybridized carbons (Fsp3) is 0.286. The van der Waals surface area contributed by atoms with Gasteiger partial charge in [0.05, 0.1) is 5.69 Å². The Kier molecular flexibility index (Phi) is 4.71. The maximum atomic E-state index is 13.0. The first-order valence-corrected chi connectivity index (χ1v) is 8.90. The van der Waals surface area contributed by atoms with Crippen molar-refractivity contribution < 1.29 is 13.9 Å². The van der Waals surface area contributed by atoms with Crippen molar-refractivity contribution >= 4 is 17.2 Å². The summed E-state index contributed by atoms with van der Waals surface area (Å²) in [5.41, 5.74) is 4.34. The molecule has 4 rings (SSSR count). The lowest BCUT2D eigenvalue weighted by Crippen LogP contribution is -2.30.